The maximum Gasteiger partial charge on any atom is 0.261 e. The van der Waals surface area contributed by atoms with E-state index in [4.69, 9.17) is 0 Å². The highest BCUT2D eigenvalue weighted by Gasteiger charge is 2.36. The number of nitrogens with zero attached hydrogens (tertiary/aromatic N) is 5. The summed E-state index contributed by atoms with van der Waals surface area (Å²) >= 11 is 0. The van der Waals surface area contributed by atoms with Crippen molar-refractivity contribution >= 4 is 29.0 Å². The number of aromatic nitrogens is 3. The molecule has 2 aliphatic heterocycles. The minimum absolute atomic E-state index is 0.0199. The molecule has 12 heteroatoms. The fourth-order valence-electron chi connectivity index (χ4n) is 6.12. The highest BCUT2D eigenvalue weighted by Crippen LogP contribution is 2.38. The molecule has 2 aromatic carbocycles. The number of amides is 2. The second-order valence-electron chi connectivity index (χ2n) is 12.0. The lowest BCUT2D eigenvalue weighted by Crippen LogP contribution is -2.48. The van der Waals surface area contributed by atoms with Crippen molar-refractivity contribution in [2.24, 2.45) is 0 Å². The minimum atomic E-state index is -1.39. The summed E-state index contributed by atoms with van der Waals surface area (Å²) in [4.78, 5) is 33.5. The summed E-state index contributed by atoms with van der Waals surface area (Å²) in [7, 11) is 0. The van der Waals surface area contributed by atoms with Gasteiger partial charge in [0.05, 0.1) is 18.8 Å². The van der Waals surface area contributed by atoms with Crippen molar-refractivity contribution in [3.8, 4) is 0 Å². The molecular formula is C32H33F3N6O3. The van der Waals surface area contributed by atoms with Gasteiger partial charge in [-0.1, -0.05) is 12.1 Å². The second-order valence-corrected chi connectivity index (χ2v) is 12.0. The molecule has 0 unspecified atom stereocenters. The van der Waals surface area contributed by atoms with E-state index in [1.54, 1.807) is 22.1 Å². The average molecular weight is 607 g/mol. The monoisotopic (exact) mass is 606 g/mol. The molecule has 2 fully saturated rings. The largest absolute Gasteiger partial charge is 0.381 e. The molecule has 6 rings (SSSR count). The number of carbonyl (C=O) groups is 2. The summed E-state index contributed by atoms with van der Waals surface area (Å²) in [6.45, 7) is 4.07. The Morgan fingerprint density at radius 2 is 1.77 bits per heavy atom. The lowest BCUT2D eigenvalue weighted by atomic mass is 9.89. The molecule has 4 heterocycles. The summed E-state index contributed by atoms with van der Waals surface area (Å²) in [5.74, 6) is -1.37. The molecule has 2 aliphatic rings. The number of aliphatic hydroxyl groups is 1. The number of anilines is 2. The maximum absolute atomic E-state index is 14.6. The van der Waals surface area contributed by atoms with Gasteiger partial charge in [-0.2, -0.15) is 5.10 Å². The quantitative estimate of drug-likeness (QED) is 0.320. The van der Waals surface area contributed by atoms with Gasteiger partial charge < -0.3 is 20.2 Å². The van der Waals surface area contributed by atoms with Gasteiger partial charge in [-0.15, -0.1) is 0 Å². The van der Waals surface area contributed by atoms with Crippen LogP contribution in [-0.4, -0.2) is 67.8 Å². The van der Waals surface area contributed by atoms with E-state index in [-0.39, 0.29) is 41.6 Å². The maximum atomic E-state index is 14.6. The molecule has 44 heavy (non-hydrogen) atoms. The molecule has 0 bridgehead atoms. The number of likely N-dealkylation sites (tertiary alicyclic amines) is 1. The van der Waals surface area contributed by atoms with E-state index in [0.29, 0.717) is 24.6 Å². The van der Waals surface area contributed by atoms with Crippen LogP contribution >= 0.6 is 0 Å². The molecule has 0 aliphatic carbocycles. The number of benzene rings is 2. The number of piperidine rings is 1. The SMILES string of the molecule is CC(C)(O)C(=O)N1CCC(c2ccc(NC(=O)c3cnn4ccc(N5C[C@@H](F)C[C@@H]5c5cc(F)ccc5F)nc34)cc2)CC1. The Morgan fingerprint density at radius 3 is 2.48 bits per heavy atom. The fraction of sp³-hybridized carbons (Fsp3) is 0.375. The first kappa shape index (κ1) is 29.6. The predicted molar refractivity (Wildman–Crippen MR) is 158 cm³/mol. The Kier molecular flexibility index (Phi) is 7.79. The van der Waals surface area contributed by atoms with Crippen molar-refractivity contribution in [3.05, 3.63) is 89.2 Å². The number of fused-ring (bicyclic) bond motifs is 1. The zero-order chi connectivity index (χ0) is 31.2. The van der Waals surface area contributed by atoms with Crippen LogP contribution in [0.4, 0.5) is 24.7 Å². The highest BCUT2D eigenvalue weighted by atomic mass is 19.1. The molecule has 0 saturated carbocycles. The van der Waals surface area contributed by atoms with E-state index in [1.165, 1.54) is 24.6 Å². The van der Waals surface area contributed by atoms with Crippen LogP contribution in [0, 0.1) is 11.6 Å². The van der Waals surface area contributed by atoms with Crippen molar-refractivity contribution in [2.45, 2.75) is 56.8 Å². The molecule has 2 saturated heterocycles. The summed E-state index contributed by atoms with van der Waals surface area (Å²) in [5, 5.41) is 17.1. The second kappa shape index (κ2) is 11.6. The molecule has 0 radical (unpaired) electrons. The lowest BCUT2D eigenvalue weighted by Gasteiger charge is -2.35. The van der Waals surface area contributed by atoms with Crippen molar-refractivity contribution in [1.82, 2.24) is 19.5 Å². The van der Waals surface area contributed by atoms with Crippen LogP contribution in [0.15, 0.2) is 60.9 Å². The van der Waals surface area contributed by atoms with Gasteiger partial charge in [-0.25, -0.2) is 22.7 Å². The molecule has 2 aromatic heterocycles. The molecular weight excluding hydrogens is 573 g/mol. The third kappa shape index (κ3) is 5.86. The van der Waals surface area contributed by atoms with Crippen molar-refractivity contribution in [1.29, 1.82) is 0 Å². The van der Waals surface area contributed by atoms with Gasteiger partial charge in [0.25, 0.3) is 11.8 Å². The van der Waals surface area contributed by atoms with E-state index in [2.05, 4.69) is 15.4 Å². The first-order valence-electron chi connectivity index (χ1n) is 14.6. The lowest BCUT2D eigenvalue weighted by molar-refractivity contribution is -0.148. The number of hydrogen-bond acceptors (Lipinski definition) is 6. The number of rotatable bonds is 6. The van der Waals surface area contributed by atoms with Crippen LogP contribution < -0.4 is 10.2 Å². The molecule has 0 spiro atoms. The Morgan fingerprint density at radius 1 is 1.05 bits per heavy atom. The third-order valence-electron chi connectivity index (χ3n) is 8.41. The fourth-order valence-corrected chi connectivity index (χ4v) is 6.12. The van der Waals surface area contributed by atoms with Crippen LogP contribution in [0.25, 0.3) is 5.65 Å². The van der Waals surface area contributed by atoms with Crippen LogP contribution in [0.5, 0.6) is 0 Å². The van der Waals surface area contributed by atoms with Crippen molar-refractivity contribution in [3.63, 3.8) is 0 Å². The topological polar surface area (TPSA) is 103 Å². The normalized spacial score (nSPS) is 19.5. The van der Waals surface area contributed by atoms with Gasteiger partial charge in [0.1, 0.15) is 34.8 Å². The highest BCUT2D eigenvalue weighted by molar-refractivity contribution is 6.08. The summed E-state index contributed by atoms with van der Waals surface area (Å²) in [6, 6.07) is 11.5. The molecule has 2 N–H and O–H groups in total. The number of hydrogen-bond donors (Lipinski definition) is 2. The van der Waals surface area contributed by atoms with E-state index in [1.807, 2.05) is 24.3 Å². The molecule has 2 atom stereocenters. The number of alkyl halides is 1. The van der Waals surface area contributed by atoms with Gasteiger partial charge in [-0.3, -0.25) is 9.59 Å². The summed E-state index contributed by atoms with van der Waals surface area (Å²) < 4.78 is 44.5. The molecule has 9 nitrogen and oxygen atoms in total. The summed E-state index contributed by atoms with van der Waals surface area (Å²) in [5.41, 5.74) is 0.775. The van der Waals surface area contributed by atoms with Crippen LogP contribution in [0.1, 0.15) is 66.6 Å². The Labute approximate surface area is 252 Å². The Balaban J connectivity index is 1.16. The molecule has 2 amide bonds. The average Bonchev–Trinajstić information content (AvgIpc) is 3.61. The van der Waals surface area contributed by atoms with E-state index in [0.717, 1.165) is 36.6 Å². The smallest absolute Gasteiger partial charge is 0.261 e. The number of nitrogens with one attached hydrogen (secondary N) is 1. The van der Waals surface area contributed by atoms with Gasteiger partial charge in [0, 0.05) is 37.0 Å². The predicted octanol–water partition coefficient (Wildman–Crippen LogP) is 5.03. The van der Waals surface area contributed by atoms with Crippen LogP contribution in [-0.2, 0) is 4.79 Å². The van der Waals surface area contributed by atoms with Crippen molar-refractivity contribution in [2.75, 3.05) is 29.9 Å². The standard InChI is InChI=1S/C32H33F3N6O3/c1-32(2,44)31(43)39-12-9-20(10-13-39)19-3-6-23(7-4-19)37-30(42)25-17-36-41-14-11-28(38-29(25)41)40-18-22(34)16-27(40)24-15-21(33)5-8-26(24)35/h3-8,11,14-15,17,20,22,27,44H,9-10,12-13,16,18H2,1-2H3,(H,37,42)/t22-,27+/m0/s1. The number of halogens is 3. The Hall–Kier alpha value is -4.45. The van der Waals surface area contributed by atoms with Crippen LogP contribution in [0.3, 0.4) is 0 Å². The first-order valence-corrected chi connectivity index (χ1v) is 14.6. The van der Waals surface area contributed by atoms with Gasteiger partial charge >= 0.3 is 0 Å². The van der Waals surface area contributed by atoms with E-state index < -0.39 is 35.4 Å². The van der Waals surface area contributed by atoms with Crippen LogP contribution in [0.2, 0.25) is 0 Å². The molecule has 230 valence electrons. The Bertz CT molecular complexity index is 1700. The van der Waals surface area contributed by atoms with Gasteiger partial charge in [0.2, 0.25) is 0 Å². The molecule has 4 aromatic rings. The first-order chi connectivity index (χ1) is 21.0. The minimum Gasteiger partial charge on any atom is -0.381 e. The zero-order valence-corrected chi connectivity index (χ0v) is 24.4. The number of carbonyl (C=O) groups excluding carboxylic acids is 2. The van der Waals surface area contributed by atoms with E-state index in [9.17, 15) is 27.9 Å². The van der Waals surface area contributed by atoms with Gasteiger partial charge in [-0.05, 0) is 74.6 Å². The third-order valence-corrected chi connectivity index (χ3v) is 8.41. The van der Waals surface area contributed by atoms with Crippen molar-refractivity contribution < 1.29 is 27.9 Å². The van der Waals surface area contributed by atoms with E-state index >= 15 is 0 Å². The van der Waals surface area contributed by atoms with Gasteiger partial charge in [0.15, 0.2) is 5.65 Å². The zero-order valence-electron chi connectivity index (χ0n) is 24.4. The summed E-state index contributed by atoms with van der Waals surface area (Å²) in [6.07, 6.45) is 3.25.